The Kier molecular flexibility index (Phi) is 3.81. The maximum Gasteiger partial charge on any atom is 0.0517 e. The molecule has 0 rings (SSSR count). The fourth-order valence-electron chi connectivity index (χ4n) is 1.69. The zero-order valence-corrected chi connectivity index (χ0v) is 8.15. The molecule has 0 bridgehead atoms. The van der Waals surface area contributed by atoms with Crippen LogP contribution in [0.1, 0.15) is 40.5 Å². The fraction of sp³-hybridized carbons (Fsp3) is 0.800. The molecule has 11 heavy (non-hydrogen) atoms. The van der Waals surface area contributed by atoms with Crippen molar-refractivity contribution in [3.8, 4) is 0 Å². The highest BCUT2D eigenvalue weighted by Crippen LogP contribution is 2.29. The molecule has 0 spiro atoms. The van der Waals surface area contributed by atoms with Gasteiger partial charge in [0, 0.05) is 0 Å². The third-order valence-electron chi connectivity index (χ3n) is 1.63. The molecular formula is C10H20O. The van der Waals surface area contributed by atoms with Gasteiger partial charge in [-0.05, 0) is 32.1 Å². The molecule has 1 nitrogen and oxygen atoms in total. The van der Waals surface area contributed by atoms with Crippen molar-refractivity contribution in [2.45, 2.75) is 46.6 Å². The van der Waals surface area contributed by atoms with Crippen molar-refractivity contribution < 1.29 is 5.11 Å². The van der Waals surface area contributed by atoms with Gasteiger partial charge in [-0.3, -0.25) is 0 Å². The SMILES string of the molecule is C=C(C)CC(C)(C)CC(C)O. The lowest BCUT2D eigenvalue weighted by Gasteiger charge is -2.26. The first-order valence-corrected chi connectivity index (χ1v) is 4.16. The summed E-state index contributed by atoms with van der Waals surface area (Å²) in [5, 5.41) is 9.17. The van der Waals surface area contributed by atoms with Gasteiger partial charge in [0.2, 0.25) is 0 Å². The maximum absolute atomic E-state index is 9.17. The second kappa shape index (κ2) is 3.91. The molecule has 0 saturated carbocycles. The van der Waals surface area contributed by atoms with E-state index in [1.807, 2.05) is 13.8 Å². The first-order valence-electron chi connectivity index (χ1n) is 4.16. The highest BCUT2D eigenvalue weighted by Gasteiger charge is 2.19. The van der Waals surface area contributed by atoms with E-state index in [1.165, 1.54) is 5.57 Å². The lowest BCUT2D eigenvalue weighted by atomic mass is 9.81. The highest BCUT2D eigenvalue weighted by molar-refractivity contribution is 4.94. The van der Waals surface area contributed by atoms with Gasteiger partial charge in [0.15, 0.2) is 0 Å². The first-order chi connectivity index (χ1) is 4.83. The number of aliphatic hydroxyl groups excluding tert-OH is 1. The average molecular weight is 156 g/mol. The standard InChI is InChI=1S/C10H20O/c1-8(2)6-10(4,5)7-9(3)11/h9,11H,1,6-7H2,2-5H3. The highest BCUT2D eigenvalue weighted by atomic mass is 16.3. The molecule has 0 aliphatic heterocycles. The Labute approximate surface area is 70.1 Å². The van der Waals surface area contributed by atoms with Crippen LogP contribution in [0.4, 0.5) is 0 Å². The van der Waals surface area contributed by atoms with E-state index in [0.717, 1.165) is 12.8 Å². The van der Waals surface area contributed by atoms with Gasteiger partial charge in [0.25, 0.3) is 0 Å². The number of hydrogen-bond donors (Lipinski definition) is 1. The van der Waals surface area contributed by atoms with Crippen LogP contribution >= 0.6 is 0 Å². The Morgan fingerprint density at radius 1 is 1.55 bits per heavy atom. The summed E-state index contributed by atoms with van der Waals surface area (Å²) in [5.41, 5.74) is 1.38. The molecule has 1 unspecified atom stereocenters. The monoisotopic (exact) mass is 156 g/mol. The number of hydrogen-bond acceptors (Lipinski definition) is 1. The van der Waals surface area contributed by atoms with E-state index in [1.54, 1.807) is 0 Å². The van der Waals surface area contributed by atoms with E-state index in [9.17, 15) is 5.11 Å². The van der Waals surface area contributed by atoms with Crippen LogP contribution in [0.2, 0.25) is 0 Å². The molecule has 1 atom stereocenters. The summed E-state index contributed by atoms with van der Waals surface area (Å²) in [5.74, 6) is 0. The predicted octanol–water partition coefficient (Wildman–Crippen LogP) is 2.75. The molecule has 0 fully saturated rings. The average Bonchev–Trinajstić information content (AvgIpc) is 1.53. The molecule has 66 valence electrons. The van der Waals surface area contributed by atoms with Gasteiger partial charge < -0.3 is 5.11 Å². The molecule has 0 heterocycles. The Morgan fingerprint density at radius 2 is 2.00 bits per heavy atom. The molecule has 1 heteroatoms. The third kappa shape index (κ3) is 6.11. The number of allylic oxidation sites excluding steroid dienone is 1. The van der Waals surface area contributed by atoms with Crippen molar-refractivity contribution in [1.29, 1.82) is 0 Å². The van der Waals surface area contributed by atoms with Crippen molar-refractivity contribution in [1.82, 2.24) is 0 Å². The van der Waals surface area contributed by atoms with Crippen molar-refractivity contribution in [3.63, 3.8) is 0 Å². The summed E-state index contributed by atoms with van der Waals surface area (Å²) in [6.07, 6.45) is 1.64. The molecule has 0 aromatic rings. The molecule has 0 aromatic heterocycles. The molecule has 0 aromatic carbocycles. The Bertz CT molecular complexity index is 134. The van der Waals surface area contributed by atoms with E-state index in [4.69, 9.17) is 0 Å². The van der Waals surface area contributed by atoms with Crippen LogP contribution in [0.15, 0.2) is 12.2 Å². The number of aliphatic hydroxyl groups is 1. The molecule has 0 aliphatic rings. The zero-order chi connectivity index (χ0) is 9.07. The summed E-state index contributed by atoms with van der Waals surface area (Å²) in [6.45, 7) is 12.1. The minimum Gasteiger partial charge on any atom is -0.393 e. The maximum atomic E-state index is 9.17. The third-order valence-corrected chi connectivity index (χ3v) is 1.63. The van der Waals surface area contributed by atoms with Crippen LogP contribution in [-0.2, 0) is 0 Å². The smallest absolute Gasteiger partial charge is 0.0517 e. The van der Waals surface area contributed by atoms with Crippen molar-refractivity contribution in [2.24, 2.45) is 5.41 Å². The fourth-order valence-corrected chi connectivity index (χ4v) is 1.69. The normalized spacial score (nSPS) is 14.6. The van der Waals surface area contributed by atoms with Crippen molar-refractivity contribution in [3.05, 3.63) is 12.2 Å². The molecule has 0 saturated heterocycles. The van der Waals surface area contributed by atoms with Gasteiger partial charge in [-0.1, -0.05) is 19.4 Å². The summed E-state index contributed by atoms with van der Waals surface area (Å²) in [4.78, 5) is 0. The molecule has 1 N–H and O–H groups in total. The lowest BCUT2D eigenvalue weighted by Crippen LogP contribution is -2.18. The Balaban J connectivity index is 3.89. The summed E-state index contributed by atoms with van der Waals surface area (Å²) in [6, 6.07) is 0. The van der Waals surface area contributed by atoms with Crippen LogP contribution in [0.25, 0.3) is 0 Å². The quantitative estimate of drug-likeness (QED) is 0.620. The molecule has 0 radical (unpaired) electrons. The van der Waals surface area contributed by atoms with Gasteiger partial charge in [0.1, 0.15) is 0 Å². The van der Waals surface area contributed by atoms with Crippen molar-refractivity contribution in [2.75, 3.05) is 0 Å². The van der Waals surface area contributed by atoms with E-state index in [0.29, 0.717) is 0 Å². The van der Waals surface area contributed by atoms with Gasteiger partial charge in [-0.15, -0.1) is 6.58 Å². The largest absolute Gasteiger partial charge is 0.393 e. The van der Waals surface area contributed by atoms with Gasteiger partial charge in [0.05, 0.1) is 6.10 Å². The minimum absolute atomic E-state index is 0.194. The minimum atomic E-state index is -0.204. The summed E-state index contributed by atoms with van der Waals surface area (Å²) < 4.78 is 0. The van der Waals surface area contributed by atoms with Crippen LogP contribution in [0, 0.1) is 5.41 Å². The van der Waals surface area contributed by atoms with Crippen LogP contribution in [-0.4, -0.2) is 11.2 Å². The van der Waals surface area contributed by atoms with Crippen LogP contribution in [0.5, 0.6) is 0 Å². The van der Waals surface area contributed by atoms with E-state index in [-0.39, 0.29) is 11.5 Å². The van der Waals surface area contributed by atoms with Gasteiger partial charge >= 0.3 is 0 Å². The second-order valence-corrected chi connectivity index (χ2v) is 4.35. The first kappa shape index (κ1) is 10.7. The van der Waals surface area contributed by atoms with Crippen molar-refractivity contribution >= 4 is 0 Å². The van der Waals surface area contributed by atoms with Gasteiger partial charge in [-0.2, -0.15) is 0 Å². The zero-order valence-electron chi connectivity index (χ0n) is 8.15. The Morgan fingerprint density at radius 3 is 2.27 bits per heavy atom. The molecule has 0 aliphatic carbocycles. The summed E-state index contributed by atoms with van der Waals surface area (Å²) >= 11 is 0. The topological polar surface area (TPSA) is 20.2 Å². The van der Waals surface area contributed by atoms with Crippen LogP contribution in [0.3, 0.4) is 0 Å². The number of rotatable bonds is 4. The lowest BCUT2D eigenvalue weighted by molar-refractivity contribution is 0.129. The predicted molar refractivity (Wildman–Crippen MR) is 49.5 cm³/mol. The Hall–Kier alpha value is -0.300. The van der Waals surface area contributed by atoms with Gasteiger partial charge in [-0.25, -0.2) is 0 Å². The van der Waals surface area contributed by atoms with Crippen LogP contribution < -0.4 is 0 Å². The van der Waals surface area contributed by atoms with E-state index >= 15 is 0 Å². The van der Waals surface area contributed by atoms with E-state index < -0.39 is 0 Å². The molecule has 0 amide bonds. The summed E-state index contributed by atoms with van der Waals surface area (Å²) in [7, 11) is 0. The molecular weight excluding hydrogens is 136 g/mol. The van der Waals surface area contributed by atoms with E-state index in [2.05, 4.69) is 20.4 Å². The second-order valence-electron chi connectivity index (χ2n) is 4.35.